The Morgan fingerprint density at radius 1 is 1.62 bits per heavy atom. The summed E-state index contributed by atoms with van der Waals surface area (Å²) in [6, 6.07) is 0. The van der Waals surface area contributed by atoms with E-state index in [0.717, 1.165) is 16.6 Å². The van der Waals surface area contributed by atoms with Gasteiger partial charge in [-0.1, -0.05) is 0 Å². The van der Waals surface area contributed by atoms with Crippen molar-refractivity contribution < 1.29 is 14.3 Å². The van der Waals surface area contributed by atoms with Crippen LogP contribution < -0.4 is 0 Å². The number of fused-ring (bicyclic) bond motifs is 2. The van der Waals surface area contributed by atoms with Crippen LogP contribution in [-0.2, 0) is 14.3 Å². The number of esters is 1. The molecule has 6 heteroatoms. The molecule has 2 saturated heterocycles. The Morgan fingerprint density at radius 3 is 3.12 bits per heavy atom. The van der Waals surface area contributed by atoms with Gasteiger partial charge in [-0.25, -0.2) is 0 Å². The predicted octanol–water partition coefficient (Wildman–Crippen LogP) is 1.85. The maximum Gasteiger partial charge on any atom is 0.303 e. The first-order valence-electron chi connectivity index (χ1n) is 5.23. The van der Waals surface area contributed by atoms with E-state index in [2.05, 4.69) is 6.26 Å². The van der Waals surface area contributed by atoms with Crippen molar-refractivity contribution in [3.8, 4) is 0 Å². The summed E-state index contributed by atoms with van der Waals surface area (Å²) in [5.74, 6) is 1.78. The lowest BCUT2D eigenvalue weighted by molar-refractivity contribution is -0.147. The molecule has 0 aromatic rings. The second-order valence-corrected chi connectivity index (χ2v) is 7.34. The Hall–Kier alpha value is 0.480. The van der Waals surface area contributed by atoms with E-state index in [9.17, 15) is 4.79 Å². The van der Waals surface area contributed by atoms with Gasteiger partial charge in [0.1, 0.15) is 12.2 Å². The molecule has 0 unspecified atom stereocenters. The van der Waals surface area contributed by atoms with Crippen molar-refractivity contribution in [3.05, 3.63) is 0 Å². The van der Waals surface area contributed by atoms with Crippen LogP contribution in [0.5, 0.6) is 0 Å². The molecule has 4 atom stereocenters. The molecule has 0 spiro atoms. The summed E-state index contributed by atoms with van der Waals surface area (Å²) < 4.78 is 11.2. The second-order valence-electron chi connectivity index (χ2n) is 3.86. The highest BCUT2D eigenvalue weighted by atomic mass is 32.2. The fourth-order valence-electron chi connectivity index (χ4n) is 2.06. The van der Waals surface area contributed by atoms with E-state index < -0.39 is 0 Å². The maximum absolute atomic E-state index is 11.0. The smallest absolute Gasteiger partial charge is 0.303 e. The summed E-state index contributed by atoms with van der Waals surface area (Å²) >= 11 is 5.61. The minimum atomic E-state index is -0.191. The first-order chi connectivity index (χ1) is 7.72. The largest absolute Gasteiger partial charge is 0.458 e. The van der Waals surface area contributed by atoms with E-state index in [4.69, 9.17) is 9.47 Å². The molecule has 0 aromatic heterocycles. The number of carbonyl (C=O) groups is 1. The van der Waals surface area contributed by atoms with Crippen LogP contribution in [0.15, 0.2) is 0 Å². The normalized spacial score (nSPS) is 36.6. The highest BCUT2D eigenvalue weighted by molar-refractivity contribution is 8.15. The van der Waals surface area contributed by atoms with E-state index in [1.807, 2.05) is 35.3 Å². The van der Waals surface area contributed by atoms with Crippen LogP contribution in [0.2, 0.25) is 0 Å². The zero-order valence-electron chi connectivity index (χ0n) is 9.38. The molecule has 0 aromatic carbocycles. The Balaban J connectivity index is 1.84. The quantitative estimate of drug-likeness (QED) is 0.434. The van der Waals surface area contributed by atoms with Gasteiger partial charge in [0.05, 0.1) is 11.4 Å². The molecular formula is C10H16O3S3. The molecule has 16 heavy (non-hydrogen) atoms. The summed E-state index contributed by atoms with van der Waals surface area (Å²) in [6.45, 7) is 1.47. The Labute approximate surface area is 109 Å². The van der Waals surface area contributed by atoms with Crippen LogP contribution in [-0.4, -0.2) is 52.4 Å². The number of hydrogen-bond donors (Lipinski definition) is 0. The molecule has 92 valence electrons. The molecule has 0 saturated carbocycles. The highest BCUT2D eigenvalue weighted by Crippen LogP contribution is 2.43. The third-order valence-electron chi connectivity index (χ3n) is 2.64. The van der Waals surface area contributed by atoms with Gasteiger partial charge in [0.25, 0.3) is 0 Å². The molecule has 0 amide bonds. The summed E-state index contributed by atoms with van der Waals surface area (Å²) in [4.78, 5) is 11.0. The third kappa shape index (κ3) is 2.83. The summed E-state index contributed by atoms with van der Waals surface area (Å²) in [5.41, 5.74) is 0. The molecule has 3 nitrogen and oxygen atoms in total. The van der Waals surface area contributed by atoms with Gasteiger partial charge in [-0.05, 0) is 6.26 Å². The molecule has 2 aliphatic heterocycles. The minimum Gasteiger partial charge on any atom is -0.458 e. The van der Waals surface area contributed by atoms with Gasteiger partial charge >= 0.3 is 5.97 Å². The average Bonchev–Trinajstić information content (AvgIpc) is 2.75. The van der Waals surface area contributed by atoms with Crippen molar-refractivity contribution in [2.45, 2.75) is 30.5 Å². The number of carbonyl (C=O) groups excluding carboxylic acids is 1. The summed E-state index contributed by atoms with van der Waals surface area (Å²) in [7, 11) is 0. The topological polar surface area (TPSA) is 35.5 Å². The molecule has 2 rings (SSSR count). The van der Waals surface area contributed by atoms with Crippen LogP contribution >= 0.6 is 35.3 Å². The Bertz CT molecular complexity index is 262. The lowest BCUT2D eigenvalue weighted by Gasteiger charge is -2.20. The zero-order chi connectivity index (χ0) is 11.5. The fourth-order valence-corrected chi connectivity index (χ4v) is 5.23. The molecule has 2 heterocycles. The first-order valence-corrected chi connectivity index (χ1v) is 8.83. The second kappa shape index (κ2) is 5.89. The van der Waals surface area contributed by atoms with E-state index in [1.54, 1.807) is 0 Å². The van der Waals surface area contributed by atoms with Gasteiger partial charge in [-0.15, -0.1) is 23.5 Å². The predicted molar refractivity (Wildman–Crippen MR) is 71.3 cm³/mol. The Kier molecular flexibility index (Phi) is 4.76. The van der Waals surface area contributed by atoms with Crippen molar-refractivity contribution >= 4 is 41.3 Å². The van der Waals surface area contributed by atoms with Crippen molar-refractivity contribution in [2.75, 3.05) is 22.8 Å². The minimum absolute atomic E-state index is 0.0117. The van der Waals surface area contributed by atoms with E-state index in [1.165, 1.54) is 6.92 Å². The van der Waals surface area contributed by atoms with E-state index >= 15 is 0 Å². The van der Waals surface area contributed by atoms with Gasteiger partial charge in [0, 0.05) is 23.5 Å². The van der Waals surface area contributed by atoms with Crippen LogP contribution in [0.1, 0.15) is 6.92 Å². The van der Waals surface area contributed by atoms with Crippen LogP contribution in [0.4, 0.5) is 0 Å². The molecular weight excluding hydrogens is 264 g/mol. The zero-order valence-corrected chi connectivity index (χ0v) is 11.8. The summed E-state index contributed by atoms with van der Waals surface area (Å²) in [6.07, 6.45) is 2.47. The third-order valence-corrected chi connectivity index (χ3v) is 6.30. The maximum atomic E-state index is 11.0. The van der Waals surface area contributed by atoms with Gasteiger partial charge < -0.3 is 9.47 Å². The first kappa shape index (κ1) is 12.9. The lowest BCUT2D eigenvalue weighted by atomic mass is 10.1. The number of thioether (sulfide) groups is 3. The van der Waals surface area contributed by atoms with Crippen molar-refractivity contribution in [1.82, 2.24) is 0 Å². The van der Waals surface area contributed by atoms with E-state index in [0.29, 0.717) is 5.25 Å². The van der Waals surface area contributed by atoms with Crippen molar-refractivity contribution in [1.29, 1.82) is 0 Å². The highest BCUT2D eigenvalue weighted by Gasteiger charge is 2.51. The van der Waals surface area contributed by atoms with Crippen LogP contribution in [0.3, 0.4) is 0 Å². The molecule has 0 N–H and O–H groups in total. The van der Waals surface area contributed by atoms with Gasteiger partial charge in [0.2, 0.25) is 0 Å². The molecule has 2 fully saturated rings. The van der Waals surface area contributed by atoms with Crippen LogP contribution in [0, 0.1) is 0 Å². The standard InChI is InChI=1S/C10H16O3S3/c1-6(11)12-9-7-4-16-10(9)8(13-7)3-15-5-14-2/h7-10H,3-5H2,1-2H3/t7-,8+,9+,10-/m0/s1. The number of hydrogen-bond acceptors (Lipinski definition) is 6. The monoisotopic (exact) mass is 280 g/mol. The lowest BCUT2D eigenvalue weighted by Crippen LogP contribution is -2.30. The van der Waals surface area contributed by atoms with Gasteiger partial charge in [-0.2, -0.15) is 11.8 Å². The summed E-state index contributed by atoms with van der Waals surface area (Å²) in [5, 5.41) is 1.45. The Morgan fingerprint density at radius 2 is 2.44 bits per heavy atom. The number of rotatable bonds is 5. The van der Waals surface area contributed by atoms with E-state index in [-0.39, 0.29) is 24.3 Å². The number of ether oxygens (including phenoxy) is 2. The average molecular weight is 280 g/mol. The molecule has 0 aliphatic carbocycles. The fraction of sp³-hybridized carbons (Fsp3) is 0.900. The van der Waals surface area contributed by atoms with Crippen LogP contribution in [0.25, 0.3) is 0 Å². The molecule has 0 radical (unpaired) electrons. The van der Waals surface area contributed by atoms with Crippen molar-refractivity contribution in [2.24, 2.45) is 0 Å². The van der Waals surface area contributed by atoms with Gasteiger partial charge in [-0.3, -0.25) is 4.79 Å². The van der Waals surface area contributed by atoms with Gasteiger partial charge in [0.15, 0.2) is 0 Å². The van der Waals surface area contributed by atoms with Crippen molar-refractivity contribution in [3.63, 3.8) is 0 Å². The molecule has 2 bridgehead atoms. The molecule has 2 aliphatic rings. The SMILES string of the molecule is CSCSC[C@H]1O[C@H]2CS[C@@H]1[C@@H]2OC(C)=O.